The lowest BCUT2D eigenvalue weighted by molar-refractivity contribution is 0.305. The monoisotopic (exact) mass is 417 g/mol. The van der Waals surface area contributed by atoms with E-state index in [9.17, 15) is 8.42 Å². The minimum atomic E-state index is -3.81. The maximum Gasteiger partial charge on any atom is 0.236 e. The van der Waals surface area contributed by atoms with Crippen molar-refractivity contribution in [2.24, 2.45) is 0 Å². The average Bonchev–Trinajstić information content (AvgIpc) is 3.16. The predicted octanol–water partition coefficient (Wildman–Crippen LogP) is 3.58. The number of anilines is 1. The minimum Gasteiger partial charge on any atom is -0.419 e. The third-order valence-electron chi connectivity index (χ3n) is 4.77. The highest BCUT2D eigenvalue weighted by Crippen LogP contribution is 2.35. The van der Waals surface area contributed by atoms with Gasteiger partial charge in [0.05, 0.1) is 4.90 Å². The Bertz CT molecular complexity index is 1060. The van der Waals surface area contributed by atoms with Gasteiger partial charge in [0.15, 0.2) is 0 Å². The first-order valence-corrected chi connectivity index (χ1v) is 10.8. The van der Waals surface area contributed by atoms with E-state index in [-0.39, 0.29) is 15.8 Å². The van der Waals surface area contributed by atoms with E-state index in [0.717, 1.165) is 13.1 Å². The predicted molar refractivity (Wildman–Crippen MR) is 109 cm³/mol. The second-order valence-corrected chi connectivity index (χ2v) is 9.04. The minimum absolute atomic E-state index is 0.0480. The van der Waals surface area contributed by atoms with Crippen LogP contribution in [0.5, 0.6) is 0 Å². The summed E-state index contributed by atoms with van der Waals surface area (Å²) >= 11 is 5.96. The van der Waals surface area contributed by atoms with E-state index < -0.39 is 9.84 Å². The van der Waals surface area contributed by atoms with Gasteiger partial charge < -0.3 is 14.2 Å². The number of rotatable bonds is 4. The van der Waals surface area contributed by atoms with Gasteiger partial charge in [-0.25, -0.2) is 8.42 Å². The third-order valence-corrected chi connectivity index (χ3v) is 6.69. The van der Waals surface area contributed by atoms with Crippen molar-refractivity contribution < 1.29 is 12.8 Å². The molecule has 0 bridgehead atoms. The van der Waals surface area contributed by atoms with Gasteiger partial charge in [0, 0.05) is 36.8 Å². The van der Waals surface area contributed by atoms with Crippen molar-refractivity contribution in [3.63, 3.8) is 0 Å². The summed E-state index contributed by atoms with van der Waals surface area (Å²) in [4.78, 5) is 8.73. The molecule has 0 atom stereocenters. The number of nitrogens with zero attached hydrogens (tertiary/aromatic N) is 3. The molecule has 1 aliphatic rings. The molecule has 1 aliphatic heterocycles. The molecular weight excluding hydrogens is 398 g/mol. The van der Waals surface area contributed by atoms with Crippen LogP contribution < -0.4 is 4.90 Å². The number of hydrogen-bond donors (Lipinski definition) is 0. The molecule has 0 radical (unpaired) electrons. The normalized spacial score (nSPS) is 15.7. The summed E-state index contributed by atoms with van der Waals surface area (Å²) in [5, 5.41) is 0.542. The number of piperazine rings is 1. The van der Waals surface area contributed by atoms with Gasteiger partial charge in [0.1, 0.15) is 0 Å². The van der Waals surface area contributed by atoms with Gasteiger partial charge in [-0.2, -0.15) is 4.98 Å². The zero-order chi connectivity index (χ0) is 19.7. The van der Waals surface area contributed by atoms with Crippen LogP contribution in [0.25, 0.3) is 11.5 Å². The van der Waals surface area contributed by atoms with Crippen LogP contribution in [-0.2, 0) is 9.84 Å². The van der Waals surface area contributed by atoms with E-state index in [4.69, 9.17) is 16.0 Å². The van der Waals surface area contributed by atoms with Crippen LogP contribution in [0.2, 0.25) is 5.02 Å². The van der Waals surface area contributed by atoms with Gasteiger partial charge in [-0.05, 0) is 43.4 Å². The summed E-state index contributed by atoms with van der Waals surface area (Å²) in [6, 6.07) is 15.3. The van der Waals surface area contributed by atoms with Crippen molar-refractivity contribution in [2.45, 2.75) is 9.92 Å². The van der Waals surface area contributed by atoms with Crippen molar-refractivity contribution in [2.75, 3.05) is 38.1 Å². The molecule has 2 aromatic carbocycles. The molecular formula is C20H20ClN3O3S. The lowest BCUT2D eigenvalue weighted by Gasteiger charge is -2.32. The molecule has 4 rings (SSSR count). The fourth-order valence-electron chi connectivity index (χ4n) is 3.11. The van der Waals surface area contributed by atoms with Gasteiger partial charge in [-0.3, -0.25) is 0 Å². The maximum atomic E-state index is 13.3. The standard InChI is InChI=1S/C20H20ClN3O3S/c1-23-11-13-24(14-12-23)20-19(28(25,26)17-5-3-2-4-6-17)22-18(27-20)15-7-9-16(21)10-8-15/h2-10H,11-14H2,1H3. The summed E-state index contributed by atoms with van der Waals surface area (Å²) < 4.78 is 32.6. The molecule has 1 saturated heterocycles. The molecule has 3 aromatic rings. The van der Waals surface area contributed by atoms with E-state index >= 15 is 0 Å². The van der Waals surface area contributed by atoms with Crippen molar-refractivity contribution in [3.8, 4) is 11.5 Å². The highest BCUT2D eigenvalue weighted by Gasteiger charge is 2.32. The second-order valence-electron chi connectivity index (χ2n) is 6.74. The van der Waals surface area contributed by atoms with Crippen LogP contribution in [0.15, 0.2) is 68.9 Å². The first kappa shape index (κ1) is 19.0. The van der Waals surface area contributed by atoms with Crippen molar-refractivity contribution in [1.82, 2.24) is 9.88 Å². The molecule has 146 valence electrons. The quantitative estimate of drug-likeness (QED) is 0.646. The number of aromatic nitrogens is 1. The van der Waals surface area contributed by atoms with Crippen LogP contribution in [-0.4, -0.2) is 51.5 Å². The molecule has 1 aromatic heterocycles. The number of benzene rings is 2. The van der Waals surface area contributed by atoms with Gasteiger partial charge in [-0.1, -0.05) is 29.8 Å². The highest BCUT2D eigenvalue weighted by molar-refractivity contribution is 7.91. The molecule has 0 spiro atoms. The SMILES string of the molecule is CN1CCN(c2oc(-c3ccc(Cl)cc3)nc2S(=O)(=O)c2ccccc2)CC1. The average molecular weight is 418 g/mol. The van der Waals surface area contributed by atoms with E-state index in [0.29, 0.717) is 29.6 Å². The Kier molecular flexibility index (Phi) is 5.14. The van der Waals surface area contributed by atoms with Gasteiger partial charge in [0.2, 0.25) is 26.6 Å². The Hall–Kier alpha value is -2.35. The van der Waals surface area contributed by atoms with E-state index in [1.807, 2.05) is 11.9 Å². The molecule has 28 heavy (non-hydrogen) atoms. The lowest BCUT2D eigenvalue weighted by Crippen LogP contribution is -2.44. The van der Waals surface area contributed by atoms with Gasteiger partial charge in [-0.15, -0.1) is 0 Å². The molecule has 0 unspecified atom stereocenters. The van der Waals surface area contributed by atoms with Crippen LogP contribution in [0.4, 0.5) is 5.88 Å². The molecule has 0 saturated carbocycles. The number of oxazole rings is 1. The smallest absolute Gasteiger partial charge is 0.236 e. The summed E-state index contributed by atoms with van der Waals surface area (Å²) in [6.45, 7) is 2.98. The lowest BCUT2D eigenvalue weighted by atomic mass is 10.2. The first-order chi connectivity index (χ1) is 13.4. The summed E-state index contributed by atoms with van der Waals surface area (Å²) in [5.41, 5.74) is 0.675. The molecule has 8 heteroatoms. The molecule has 6 nitrogen and oxygen atoms in total. The van der Waals surface area contributed by atoms with Gasteiger partial charge >= 0.3 is 0 Å². The number of sulfone groups is 1. The Morgan fingerprint density at radius 1 is 0.964 bits per heavy atom. The van der Waals surface area contributed by atoms with Crippen LogP contribution in [0.1, 0.15) is 0 Å². The van der Waals surface area contributed by atoms with E-state index in [1.54, 1.807) is 54.6 Å². The summed E-state index contributed by atoms with van der Waals surface area (Å²) in [6.07, 6.45) is 0. The summed E-state index contributed by atoms with van der Waals surface area (Å²) in [7, 11) is -1.77. The Labute approximate surface area is 169 Å². The number of hydrogen-bond acceptors (Lipinski definition) is 6. The maximum absolute atomic E-state index is 13.3. The van der Waals surface area contributed by atoms with Crippen LogP contribution in [0.3, 0.4) is 0 Å². The zero-order valence-corrected chi connectivity index (χ0v) is 16.9. The topological polar surface area (TPSA) is 66.7 Å². The summed E-state index contributed by atoms with van der Waals surface area (Å²) in [5.74, 6) is 0.557. The molecule has 1 fully saturated rings. The third kappa shape index (κ3) is 3.65. The largest absolute Gasteiger partial charge is 0.419 e. The molecule has 0 amide bonds. The zero-order valence-electron chi connectivity index (χ0n) is 15.4. The van der Waals surface area contributed by atoms with E-state index in [2.05, 4.69) is 9.88 Å². The number of likely N-dealkylation sites (N-methyl/N-ethyl adjacent to an activating group) is 1. The van der Waals surface area contributed by atoms with Crippen molar-refractivity contribution >= 4 is 27.3 Å². The number of halogens is 1. The molecule has 2 heterocycles. The second kappa shape index (κ2) is 7.58. The Morgan fingerprint density at radius 2 is 1.61 bits per heavy atom. The van der Waals surface area contributed by atoms with Crippen molar-refractivity contribution in [1.29, 1.82) is 0 Å². The highest BCUT2D eigenvalue weighted by atomic mass is 35.5. The Balaban J connectivity index is 1.82. The Morgan fingerprint density at radius 3 is 2.25 bits per heavy atom. The van der Waals surface area contributed by atoms with Crippen LogP contribution in [0, 0.1) is 0 Å². The van der Waals surface area contributed by atoms with Crippen molar-refractivity contribution in [3.05, 3.63) is 59.6 Å². The molecule has 0 aliphatic carbocycles. The fourth-order valence-corrected chi connectivity index (χ4v) is 4.58. The first-order valence-electron chi connectivity index (χ1n) is 8.95. The van der Waals surface area contributed by atoms with Crippen LogP contribution >= 0.6 is 11.6 Å². The van der Waals surface area contributed by atoms with E-state index in [1.165, 1.54) is 0 Å². The fraction of sp³-hybridized carbons (Fsp3) is 0.250. The van der Waals surface area contributed by atoms with Gasteiger partial charge in [0.25, 0.3) is 0 Å². The molecule has 0 N–H and O–H groups in total.